The first-order valence-electron chi connectivity index (χ1n) is 14.2. The number of rotatable bonds is 16. The predicted octanol–water partition coefficient (Wildman–Crippen LogP) is 8.60. The molecule has 0 aliphatic heterocycles. The fourth-order valence-corrected chi connectivity index (χ4v) is 20.7. The third kappa shape index (κ3) is 10.4. The van der Waals surface area contributed by atoms with Crippen molar-refractivity contribution in [3.05, 3.63) is 80.6 Å². The molecule has 0 amide bonds. The van der Waals surface area contributed by atoms with Gasteiger partial charge in [0.2, 0.25) is 0 Å². The first-order valence-corrected chi connectivity index (χ1v) is 23.4. The zero-order valence-corrected chi connectivity index (χ0v) is 27.7. The average molecular weight is 631 g/mol. The van der Waals surface area contributed by atoms with Crippen molar-refractivity contribution in [2.24, 2.45) is 0 Å². The first kappa shape index (κ1) is 31.9. The molecule has 37 heavy (non-hydrogen) atoms. The molecule has 1 N–H and O–H groups in total. The fourth-order valence-electron chi connectivity index (χ4n) is 5.37. The molecule has 0 aliphatic carbocycles. The van der Waals surface area contributed by atoms with Gasteiger partial charge in [-0.3, -0.25) is 0 Å². The van der Waals surface area contributed by atoms with Crippen molar-refractivity contribution in [3.8, 4) is 0 Å². The quantitative estimate of drug-likeness (QED) is 0.149. The summed E-state index contributed by atoms with van der Waals surface area (Å²) in [5.74, 6) is 0. The van der Waals surface area contributed by atoms with Crippen molar-refractivity contribution in [1.82, 2.24) is 4.72 Å². The molecular formula is C32H49NO2SSn. The van der Waals surface area contributed by atoms with Crippen molar-refractivity contribution in [2.45, 2.75) is 111 Å². The molecule has 2 aromatic rings. The summed E-state index contributed by atoms with van der Waals surface area (Å²) in [6.45, 7) is 12.6. The van der Waals surface area contributed by atoms with Gasteiger partial charge in [-0.15, -0.1) is 0 Å². The Morgan fingerprint density at radius 2 is 1.38 bits per heavy atom. The molecule has 1 atom stereocenters. The van der Waals surface area contributed by atoms with E-state index in [1.54, 1.807) is 0 Å². The Balaban J connectivity index is 2.46. The van der Waals surface area contributed by atoms with Crippen molar-refractivity contribution >= 4 is 28.4 Å². The van der Waals surface area contributed by atoms with E-state index < -0.39 is 28.4 Å². The van der Waals surface area contributed by atoms with Crippen molar-refractivity contribution < 1.29 is 8.42 Å². The Bertz CT molecular complexity index is 1090. The number of nitrogens with one attached hydrogen (secondary N) is 1. The van der Waals surface area contributed by atoms with Gasteiger partial charge in [-0.1, -0.05) is 0 Å². The summed E-state index contributed by atoms with van der Waals surface area (Å²) >= 11 is -2.50. The molecular weight excluding hydrogens is 581 g/mol. The molecule has 0 spiro atoms. The topological polar surface area (TPSA) is 46.2 Å². The van der Waals surface area contributed by atoms with E-state index in [9.17, 15) is 8.42 Å². The van der Waals surface area contributed by atoms with Crippen molar-refractivity contribution in [2.75, 3.05) is 0 Å². The first-order chi connectivity index (χ1) is 17.7. The summed E-state index contributed by atoms with van der Waals surface area (Å²) in [6, 6.07) is 13.7. The predicted molar refractivity (Wildman–Crippen MR) is 162 cm³/mol. The zero-order chi connectivity index (χ0) is 27.3. The standard InChI is InChI=1S/C20H22NO2S.3C4H9.Sn/c1-5-9-19(14-18-10-7-6-8-11-18)21-24(22,23)20-16(3)12-15(2)13-17(20)4;3*1-3-4-2;/h1,6-13,19,21H,14H2,2-4H3;3*1,3-4H2,2H3;/t5?,19-;;;;/m1..../s1. The van der Waals surface area contributed by atoms with Gasteiger partial charge in [0.15, 0.2) is 0 Å². The van der Waals surface area contributed by atoms with Crippen LogP contribution in [0.4, 0.5) is 0 Å². The molecule has 0 bridgehead atoms. The number of sulfonamides is 1. The van der Waals surface area contributed by atoms with Crippen LogP contribution in [0, 0.1) is 20.8 Å². The molecule has 2 aromatic carbocycles. The van der Waals surface area contributed by atoms with Gasteiger partial charge in [0.05, 0.1) is 0 Å². The maximum absolute atomic E-state index is 13.6. The SMILES string of the molecule is CCC[CH2][Sn]([CH]=C=C[C@H](Cc1ccccc1)NS(=O)(=O)c1c(C)cc(C)cc1C)([CH2]CCC)[CH2]CCC. The number of unbranched alkanes of at least 4 members (excludes halogenated alkanes) is 3. The van der Waals surface area contributed by atoms with E-state index in [1.165, 1.54) is 51.8 Å². The van der Waals surface area contributed by atoms with Crippen LogP contribution in [0.25, 0.3) is 0 Å². The molecule has 3 nitrogen and oxygen atoms in total. The number of hydrogen-bond donors (Lipinski definition) is 1. The summed E-state index contributed by atoms with van der Waals surface area (Å²) < 4.78 is 36.9. The van der Waals surface area contributed by atoms with Crippen molar-refractivity contribution in [3.63, 3.8) is 0 Å². The second-order valence-corrected chi connectivity index (χ2v) is 25.3. The van der Waals surface area contributed by atoms with Gasteiger partial charge < -0.3 is 0 Å². The molecule has 0 fully saturated rings. The molecule has 0 saturated heterocycles. The van der Waals surface area contributed by atoms with E-state index >= 15 is 0 Å². The fraction of sp³-hybridized carbons (Fsp3) is 0.531. The van der Waals surface area contributed by atoms with Gasteiger partial charge >= 0.3 is 233 Å². The summed E-state index contributed by atoms with van der Waals surface area (Å²) in [4.78, 5) is 0.399. The van der Waals surface area contributed by atoms with E-state index in [-0.39, 0.29) is 6.04 Å². The van der Waals surface area contributed by atoms with Crippen LogP contribution < -0.4 is 4.72 Å². The molecule has 5 heteroatoms. The Kier molecular flexibility index (Phi) is 13.7. The van der Waals surface area contributed by atoms with Gasteiger partial charge in [0.1, 0.15) is 0 Å². The van der Waals surface area contributed by atoms with Gasteiger partial charge in [0, 0.05) is 0 Å². The number of hydrogen-bond acceptors (Lipinski definition) is 2. The van der Waals surface area contributed by atoms with Crippen LogP contribution in [0.3, 0.4) is 0 Å². The minimum absolute atomic E-state index is 0.351. The van der Waals surface area contributed by atoms with Crippen LogP contribution >= 0.6 is 0 Å². The Morgan fingerprint density at radius 1 is 0.865 bits per heavy atom. The molecule has 0 aromatic heterocycles. The Labute approximate surface area is 231 Å². The number of aryl methyl sites for hydroxylation is 3. The van der Waals surface area contributed by atoms with Crippen LogP contribution in [0.2, 0.25) is 13.3 Å². The van der Waals surface area contributed by atoms with Crippen LogP contribution in [-0.2, 0) is 16.4 Å². The molecule has 0 aliphatic rings. The van der Waals surface area contributed by atoms with E-state index in [1.807, 2.05) is 57.2 Å². The van der Waals surface area contributed by atoms with Crippen LogP contribution in [0.15, 0.2) is 63.3 Å². The van der Waals surface area contributed by atoms with Crippen LogP contribution in [0.1, 0.15) is 81.5 Å². The van der Waals surface area contributed by atoms with E-state index in [2.05, 4.69) is 47.4 Å². The van der Waals surface area contributed by atoms with Gasteiger partial charge in [-0.25, -0.2) is 0 Å². The molecule has 0 unspecified atom stereocenters. The zero-order valence-electron chi connectivity index (χ0n) is 24.1. The van der Waals surface area contributed by atoms with Gasteiger partial charge in [-0.2, -0.15) is 0 Å². The van der Waals surface area contributed by atoms with E-state index in [4.69, 9.17) is 0 Å². The van der Waals surface area contributed by atoms with E-state index in [0.29, 0.717) is 11.3 Å². The van der Waals surface area contributed by atoms with Crippen molar-refractivity contribution in [1.29, 1.82) is 0 Å². The van der Waals surface area contributed by atoms with Crippen LogP contribution in [-0.4, -0.2) is 32.8 Å². The molecule has 0 heterocycles. The summed E-state index contributed by atoms with van der Waals surface area (Å²) in [6.07, 6.45) is 10.2. The van der Waals surface area contributed by atoms with E-state index in [0.717, 1.165) is 22.3 Å². The normalized spacial score (nSPS) is 12.7. The third-order valence-corrected chi connectivity index (χ3v) is 22.8. The molecule has 0 radical (unpaired) electrons. The maximum atomic E-state index is 13.6. The summed E-state index contributed by atoms with van der Waals surface area (Å²) in [5.41, 5.74) is 7.37. The summed E-state index contributed by atoms with van der Waals surface area (Å²) in [5, 5.41) is 0. The average Bonchev–Trinajstić information content (AvgIpc) is 2.84. The Hall–Kier alpha value is -1.33. The second kappa shape index (κ2) is 15.9. The number of benzene rings is 2. The van der Waals surface area contributed by atoms with Crippen LogP contribution in [0.5, 0.6) is 0 Å². The molecule has 204 valence electrons. The molecule has 0 saturated carbocycles. The minimum atomic E-state index is -3.68. The molecule has 2 rings (SSSR count). The van der Waals surface area contributed by atoms with Gasteiger partial charge in [-0.05, 0) is 0 Å². The third-order valence-electron chi connectivity index (χ3n) is 7.25. The second-order valence-electron chi connectivity index (χ2n) is 10.8. The Morgan fingerprint density at radius 3 is 1.86 bits per heavy atom. The monoisotopic (exact) mass is 631 g/mol. The summed E-state index contributed by atoms with van der Waals surface area (Å²) in [7, 11) is -3.68. The van der Waals surface area contributed by atoms with Gasteiger partial charge in [0.25, 0.3) is 0 Å².